The van der Waals surface area contributed by atoms with Crippen molar-refractivity contribution in [1.29, 1.82) is 0 Å². The molecule has 0 amide bonds. The molecule has 3 heterocycles. The molecule has 0 bridgehead atoms. The van der Waals surface area contributed by atoms with Crippen molar-refractivity contribution in [1.82, 2.24) is 15.1 Å². The molecular formula is C13H8N4O2S. The van der Waals surface area contributed by atoms with Crippen molar-refractivity contribution < 1.29 is 8.94 Å². The summed E-state index contributed by atoms with van der Waals surface area (Å²) in [6, 6.07) is 7.69. The number of hydrogen-bond donors (Lipinski definition) is 1. The van der Waals surface area contributed by atoms with E-state index in [9.17, 15) is 0 Å². The molecule has 0 fully saturated rings. The third-order valence-corrected chi connectivity index (χ3v) is 3.56. The van der Waals surface area contributed by atoms with E-state index in [2.05, 4.69) is 15.1 Å². The van der Waals surface area contributed by atoms with Crippen molar-refractivity contribution in [2.24, 2.45) is 0 Å². The number of benzene rings is 1. The fraction of sp³-hybridized carbons (Fsp3) is 0. The third kappa shape index (κ3) is 1.68. The average Bonchev–Trinajstić information content (AvgIpc) is 3.15. The fourth-order valence-electron chi connectivity index (χ4n) is 1.97. The minimum Gasteiger partial charge on any atom is -0.464 e. The lowest BCUT2D eigenvalue weighted by Gasteiger charge is -1.88. The molecule has 7 heteroatoms. The Kier molecular flexibility index (Phi) is 2.33. The summed E-state index contributed by atoms with van der Waals surface area (Å²) in [6.07, 6.45) is 1.62. The van der Waals surface area contributed by atoms with E-state index in [-0.39, 0.29) is 0 Å². The van der Waals surface area contributed by atoms with Gasteiger partial charge >= 0.3 is 0 Å². The van der Waals surface area contributed by atoms with Gasteiger partial charge in [0, 0.05) is 10.8 Å². The molecule has 4 rings (SSSR count). The van der Waals surface area contributed by atoms with Crippen LogP contribution in [-0.4, -0.2) is 15.1 Å². The summed E-state index contributed by atoms with van der Waals surface area (Å²) >= 11 is 1.33. The highest BCUT2D eigenvalue weighted by Gasteiger charge is 2.16. The van der Waals surface area contributed by atoms with Gasteiger partial charge in [0.25, 0.3) is 5.89 Å². The molecule has 0 spiro atoms. The van der Waals surface area contributed by atoms with Gasteiger partial charge in [-0.25, -0.2) is 4.98 Å². The number of para-hydroxylation sites is 1. The zero-order chi connectivity index (χ0) is 13.5. The van der Waals surface area contributed by atoms with E-state index < -0.39 is 0 Å². The molecule has 0 aliphatic rings. The zero-order valence-corrected chi connectivity index (χ0v) is 10.9. The number of fused-ring (bicyclic) bond motifs is 1. The van der Waals surface area contributed by atoms with Gasteiger partial charge in [0.05, 0.1) is 5.56 Å². The van der Waals surface area contributed by atoms with E-state index >= 15 is 0 Å². The van der Waals surface area contributed by atoms with Crippen LogP contribution in [0.15, 0.2) is 44.8 Å². The number of rotatable bonds is 2. The van der Waals surface area contributed by atoms with Crippen LogP contribution in [0.4, 0.5) is 5.13 Å². The summed E-state index contributed by atoms with van der Waals surface area (Å²) in [7, 11) is 0. The van der Waals surface area contributed by atoms with Crippen LogP contribution in [0, 0.1) is 0 Å². The minimum absolute atomic E-state index is 0.346. The number of aromatic nitrogens is 3. The number of nitrogen functional groups attached to an aromatic ring is 1. The maximum atomic E-state index is 5.59. The summed E-state index contributed by atoms with van der Waals surface area (Å²) in [5, 5.41) is 7.16. The monoisotopic (exact) mass is 284 g/mol. The largest absolute Gasteiger partial charge is 0.464 e. The Morgan fingerprint density at radius 1 is 1.15 bits per heavy atom. The van der Waals surface area contributed by atoms with Gasteiger partial charge in [0.2, 0.25) is 5.82 Å². The summed E-state index contributed by atoms with van der Waals surface area (Å²) in [6.45, 7) is 0. The Morgan fingerprint density at radius 2 is 2.05 bits per heavy atom. The second-order valence-corrected chi connectivity index (χ2v) is 5.03. The first-order valence-electron chi connectivity index (χ1n) is 5.83. The molecule has 1 aromatic carbocycles. The van der Waals surface area contributed by atoms with E-state index in [1.165, 1.54) is 11.3 Å². The van der Waals surface area contributed by atoms with Crippen LogP contribution in [0.2, 0.25) is 0 Å². The fourth-order valence-corrected chi connectivity index (χ4v) is 2.51. The number of anilines is 1. The number of furan rings is 1. The van der Waals surface area contributed by atoms with Gasteiger partial charge in [-0.15, -0.1) is 11.3 Å². The van der Waals surface area contributed by atoms with Gasteiger partial charge in [0.1, 0.15) is 17.5 Å². The van der Waals surface area contributed by atoms with Crippen molar-refractivity contribution >= 4 is 27.4 Å². The molecule has 20 heavy (non-hydrogen) atoms. The van der Waals surface area contributed by atoms with Crippen molar-refractivity contribution in [3.05, 3.63) is 35.9 Å². The van der Waals surface area contributed by atoms with Gasteiger partial charge in [0.15, 0.2) is 5.13 Å². The van der Waals surface area contributed by atoms with Gasteiger partial charge in [-0.2, -0.15) is 4.98 Å². The molecule has 0 aliphatic heterocycles. The van der Waals surface area contributed by atoms with Gasteiger partial charge < -0.3 is 14.7 Å². The van der Waals surface area contributed by atoms with Crippen LogP contribution in [0.25, 0.3) is 33.9 Å². The molecule has 0 atom stereocenters. The predicted molar refractivity (Wildman–Crippen MR) is 75.0 cm³/mol. The Labute approximate surface area is 116 Å². The molecular weight excluding hydrogens is 276 g/mol. The highest BCUT2D eigenvalue weighted by Crippen LogP contribution is 2.30. The SMILES string of the molecule is Nc1nc(-c2nc(-c3coc4ccccc34)no2)cs1. The molecule has 0 radical (unpaired) electrons. The normalized spacial score (nSPS) is 11.2. The molecule has 0 saturated heterocycles. The molecule has 98 valence electrons. The van der Waals surface area contributed by atoms with Gasteiger partial charge in [-0.1, -0.05) is 23.4 Å². The first-order chi connectivity index (χ1) is 9.81. The summed E-state index contributed by atoms with van der Waals surface area (Å²) in [5.74, 6) is 0.815. The second-order valence-electron chi connectivity index (χ2n) is 4.14. The maximum Gasteiger partial charge on any atom is 0.277 e. The van der Waals surface area contributed by atoms with Crippen LogP contribution >= 0.6 is 11.3 Å². The molecule has 2 N–H and O–H groups in total. The van der Waals surface area contributed by atoms with Crippen LogP contribution in [0.5, 0.6) is 0 Å². The average molecular weight is 284 g/mol. The maximum absolute atomic E-state index is 5.59. The predicted octanol–water partition coefficient (Wildman–Crippen LogP) is 3.19. The molecule has 4 aromatic rings. The van der Waals surface area contributed by atoms with Crippen LogP contribution in [-0.2, 0) is 0 Å². The van der Waals surface area contributed by atoms with Crippen LogP contribution in [0.3, 0.4) is 0 Å². The van der Waals surface area contributed by atoms with E-state index in [1.807, 2.05) is 24.3 Å². The molecule has 3 aromatic heterocycles. The lowest BCUT2D eigenvalue weighted by molar-refractivity contribution is 0.431. The highest BCUT2D eigenvalue weighted by molar-refractivity contribution is 7.13. The number of thiazole rings is 1. The van der Waals surface area contributed by atoms with Gasteiger partial charge in [-0.3, -0.25) is 0 Å². The smallest absolute Gasteiger partial charge is 0.277 e. The van der Waals surface area contributed by atoms with Crippen LogP contribution < -0.4 is 5.73 Å². The Balaban J connectivity index is 1.82. The van der Waals surface area contributed by atoms with Gasteiger partial charge in [-0.05, 0) is 6.07 Å². The van der Waals surface area contributed by atoms with E-state index in [1.54, 1.807) is 11.6 Å². The van der Waals surface area contributed by atoms with E-state index in [0.29, 0.717) is 22.5 Å². The first kappa shape index (κ1) is 11.2. The van der Waals surface area contributed by atoms with Crippen LogP contribution in [0.1, 0.15) is 0 Å². The highest BCUT2D eigenvalue weighted by atomic mass is 32.1. The molecule has 0 saturated carbocycles. The first-order valence-corrected chi connectivity index (χ1v) is 6.71. The molecule has 0 aliphatic carbocycles. The standard InChI is InChI=1S/C13H8N4O2S/c14-13-15-9(6-20-13)12-16-11(17-19-12)8-5-18-10-4-2-1-3-7(8)10/h1-6H,(H2,14,15). The lowest BCUT2D eigenvalue weighted by Crippen LogP contribution is -1.83. The van der Waals surface area contributed by atoms with Crippen molar-refractivity contribution in [3.63, 3.8) is 0 Å². The molecule has 0 unspecified atom stereocenters. The number of hydrogen-bond acceptors (Lipinski definition) is 7. The van der Waals surface area contributed by atoms with Crippen molar-refractivity contribution in [3.8, 4) is 23.0 Å². The second kappa shape index (κ2) is 4.17. The topological polar surface area (TPSA) is 91.0 Å². The lowest BCUT2D eigenvalue weighted by atomic mass is 10.2. The number of nitrogens with zero attached hydrogens (tertiary/aromatic N) is 3. The van der Waals surface area contributed by atoms with E-state index in [4.69, 9.17) is 14.7 Å². The minimum atomic E-state index is 0.346. The summed E-state index contributed by atoms with van der Waals surface area (Å²) in [5.41, 5.74) is 7.75. The Hall–Kier alpha value is -2.67. The summed E-state index contributed by atoms with van der Waals surface area (Å²) in [4.78, 5) is 8.45. The molecule has 6 nitrogen and oxygen atoms in total. The summed E-state index contributed by atoms with van der Waals surface area (Å²) < 4.78 is 10.7. The van der Waals surface area contributed by atoms with Crippen molar-refractivity contribution in [2.45, 2.75) is 0 Å². The number of nitrogens with two attached hydrogens (primary N) is 1. The van der Waals surface area contributed by atoms with Crippen molar-refractivity contribution in [2.75, 3.05) is 5.73 Å². The Bertz CT molecular complexity index is 892. The third-order valence-electron chi connectivity index (χ3n) is 2.89. The zero-order valence-electron chi connectivity index (χ0n) is 10.1. The quantitative estimate of drug-likeness (QED) is 0.608. The Morgan fingerprint density at radius 3 is 2.90 bits per heavy atom. The van der Waals surface area contributed by atoms with E-state index in [0.717, 1.165) is 16.5 Å².